The molecule has 0 spiro atoms. The standard InChI is InChI=1S/C30H32N2O2S2/c1-21-9-10-26(34-14-13-32-11-3-4-12-32)20-27(21)30(33)31-22(2)23-17-24(28-7-5-15-35-28)19-25(18-23)29-8-6-16-36-29/h5-10,15-20,22H,3-4,11-14H2,1-2H3,(H,31,33)/t22-/m1/s1. The monoisotopic (exact) mass is 516 g/mol. The van der Waals surface area contributed by atoms with E-state index in [-0.39, 0.29) is 11.9 Å². The molecule has 1 amide bonds. The first-order valence-corrected chi connectivity index (χ1v) is 14.3. The lowest BCUT2D eigenvalue weighted by Gasteiger charge is -2.18. The van der Waals surface area contributed by atoms with Gasteiger partial charge in [0.2, 0.25) is 0 Å². The van der Waals surface area contributed by atoms with E-state index in [2.05, 4.69) is 70.4 Å². The maximum Gasteiger partial charge on any atom is 0.252 e. The summed E-state index contributed by atoms with van der Waals surface area (Å²) < 4.78 is 6.00. The Labute approximate surface area is 221 Å². The average molecular weight is 517 g/mol. The molecule has 0 bridgehead atoms. The number of nitrogens with zero attached hydrogens (tertiary/aromatic N) is 1. The third-order valence-electron chi connectivity index (χ3n) is 6.74. The topological polar surface area (TPSA) is 41.6 Å². The molecule has 6 heteroatoms. The molecule has 0 saturated carbocycles. The minimum Gasteiger partial charge on any atom is -0.492 e. The van der Waals surface area contributed by atoms with Crippen LogP contribution in [0.2, 0.25) is 0 Å². The third-order valence-corrected chi connectivity index (χ3v) is 8.58. The highest BCUT2D eigenvalue weighted by atomic mass is 32.1. The summed E-state index contributed by atoms with van der Waals surface area (Å²) in [6.07, 6.45) is 2.55. The fourth-order valence-electron chi connectivity index (χ4n) is 4.66. The average Bonchev–Trinajstić information content (AvgIpc) is 3.68. The largest absolute Gasteiger partial charge is 0.492 e. The number of carbonyl (C=O) groups excluding carboxylic acids is 1. The molecular formula is C30H32N2O2S2. The first-order chi connectivity index (χ1) is 17.6. The Morgan fingerprint density at radius 3 is 2.25 bits per heavy atom. The van der Waals surface area contributed by atoms with Gasteiger partial charge in [-0.15, -0.1) is 22.7 Å². The van der Waals surface area contributed by atoms with Crippen molar-refractivity contribution in [3.05, 3.63) is 88.1 Å². The summed E-state index contributed by atoms with van der Waals surface area (Å²) in [4.78, 5) is 18.2. The van der Waals surface area contributed by atoms with Gasteiger partial charge in [0.05, 0.1) is 6.04 Å². The van der Waals surface area contributed by atoms with E-state index in [1.165, 1.54) is 33.7 Å². The van der Waals surface area contributed by atoms with Crippen molar-refractivity contribution in [1.29, 1.82) is 0 Å². The third kappa shape index (κ3) is 5.89. The van der Waals surface area contributed by atoms with Crippen molar-refractivity contribution in [1.82, 2.24) is 10.2 Å². The number of nitrogens with one attached hydrogen (secondary N) is 1. The van der Waals surface area contributed by atoms with E-state index in [1.807, 2.05) is 25.1 Å². The number of thiophene rings is 2. The predicted molar refractivity (Wildman–Crippen MR) is 151 cm³/mol. The zero-order valence-corrected chi connectivity index (χ0v) is 22.5. The maximum atomic E-state index is 13.3. The summed E-state index contributed by atoms with van der Waals surface area (Å²) in [5.41, 5.74) is 5.05. The van der Waals surface area contributed by atoms with Gasteiger partial charge in [-0.25, -0.2) is 0 Å². The minimum atomic E-state index is -0.143. The Morgan fingerprint density at radius 2 is 1.64 bits per heavy atom. The van der Waals surface area contributed by atoms with E-state index in [0.717, 1.165) is 36.5 Å². The Balaban J connectivity index is 1.32. The highest BCUT2D eigenvalue weighted by Gasteiger charge is 2.17. The van der Waals surface area contributed by atoms with Crippen LogP contribution in [0.5, 0.6) is 5.75 Å². The highest BCUT2D eigenvalue weighted by Crippen LogP contribution is 2.34. The molecule has 1 fully saturated rings. The first-order valence-electron chi connectivity index (χ1n) is 12.6. The second-order valence-electron chi connectivity index (χ2n) is 9.37. The Kier molecular flexibility index (Phi) is 7.85. The van der Waals surface area contributed by atoms with Gasteiger partial charge in [0.25, 0.3) is 5.91 Å². The Bertz CT molecular complexity index is 1240. The molecule has 5 rings (SSSR count). The predicted octanol–water partition coefficient (Wildman–Crippen LogP) is 7.42. The molecule has 0 unspecified atom stereocenters. The number of likely N-dealkylation sites (tertiary alicyclic amines) is 1. The van der Waals surface area contributed by atoms with Crippen LogP contribution in [0.3, 0.4) is 0 Å². The summed E-state index contributed by atoms with van der Waals surface area (Å²) in [6.45, 7) is 7.91. The number of hydrogen-bond acceptors (Lipinski definition) is 5. The molecule has 1 saturated heterocycles. The molecule has 0 radical (unpaired) electrons. The van der Waals surface area contributed by atoms with E-state index in [0.29, 0.717) is 12.2 Å². The van der Waals surface area contributed by atoms with Crippen LogP contribution in [0.15, 0.2) is 71.4 Å². The van der Waals surface area contributed by atoms with Crippen LogP contribution in [0, 0.1) is 6.92 Å². The highest BCUT2D eigenvalue weighted by molar-refractivity contribution is 7.14. The number of carbonyl (C=O) groups is 1. The van der Waals surface area contributed by atoms with Crippen molar-refractivity contribution in [3.8, 4) is 26.6 Å². The number of rotatable bonds is 9. The van der Waals surface area contributed by atoms with Gasteiger partial charge in [-0.1, -0.05) is 18.2 Å². The molecule has 4 aromatic rings. The molecule has 1 atom stereocenters. The lowest BCUT2D eigenvalue weighted by molar-refractivity contribution is 0.0938. The maximum absolute atomic E-state index is 13.3. The van der Waals surface area contributed by atoms with Crippen molar-refractivity contribution < 1.29 is 9.53 Å². The van der Waals surface area contributed by atoms with Gasteiger partial charge < -0.3 is 10.1 Å². The number of ether oxygens (including phenoxy) is 1. The quantitative estimate of drug-likeness (QED) is 0.252. The zero-order chi connectivity index (χ0) is 24.9. The smallest absolute Gasteiger partial charge is 0.252 e. The van der Waals surface area contributed by atoms with Gasteiger partial charge in [0, 0.05) is 21.9 Å². The fourth-order valence-corrected chi connectivity index (χ4v) is 6.09. The van der Waals surface area contributed by atoms with Gasteiger partial charge in [-0.3, -0.25) is 9.69 Å². The molecule has 2 aromatic heterocycles. The van der Waals surface area contributed by atoms with Gasteiger partial charge >= 0.3 is 0 Å². The fraction of sp³-hybridized carbons (Fsp3) is 0.300. The van der Waals surface area contributed by atoms with Crippen molar-refractivity contribution in [2.45, 2.75) is 32.7 Å². The summed E-state index contributed by atoms with van der Waals surface area (Å²) >= 11 is 3.46. The van der Waals surface area contributed by atoms with E-state index >= 15 is 0 Å². The van der Waals surface area contributed by atoms with Crippen LogP contribution in [0.4, 0.5) is 0 Å². The van der Waals surface area contributed by atoms with Gasteiger partial charge in [0.1, 0.15) is 12.4 Å². The summed E-state index contributed by atoms with van der Waals surface area (Å²) in [7, 11) is 0. The molecule has 186 valence electrons. The van der Waals surface area contributed by atoms with Crippen molar-refractivity contribution in [3.63, 3.8) is 0 Å². The SMILES string of the molecule is Cc1ccc(OCCN2CCCC2)cc1C(=O)N[C@H](C)c1cc(-c2cccs2)cc(-c2cccs2)c1. The van der Waals surface area contributed by atoms with Crippen LogP contribution in [-0.4, -0.2) is 37.0 Å². The number of aryl methyl sites for hydroxylation is 1. The molecule has 3 heterocycles. The van der Waals surface area contributed by atoms with E-state index in [9.17, 15) is 4.79 Å². The molecular weight excluding hydrogens is 484 g/mol. The van der Waals surface area contributed by atoms with Crippen molar-refractivity contribution in [2.75, 3.05) is 26.2 Å². The van der Waals surface area contributed by atoms with Gasteiger partial charge in [0.15, 0.2) is 0 Å². The molecule has 0 aliphatic carbocycles. The van der Waals surface area contributed by atoms with Crippen molar-refractivity contribution in [2.24, 2.45) is 0 Å². The van der Waals surface area contributed by atoms with Crippen LogP contribution in [-0.2, 0) is 0 Å². The van der Waals surface area contributed by atoms with Gasteiger partial charge in [-0.2, -0.15) is 0 Å². The minimum absolute atomic E-state index is 0.0795. The molecule has 1 aliphatic rings. The normalized spacial score (nSPS) is 14.6. The molecule has 1 N–H and O–H groups in total. The van der Waals surface area contributed by atoms with Crippen LogP contribution < -0.4 is 10.1 Å². The number of amides is 1. The lowest BCUT2D eigenvalue weighted by atomic mass is 9.99. The first kappa shape index (κ1) is 24.8. The van der Waals surface area contributed by atoms with E-state index < -0.39 is 0 Å². The Hall–Kier alpha value is -2.93. The molecule has 4 nitrogen and oxygen atoms in total. The molecule has 1 aliphatic heterocycles. The van der Waals surface area contributed by atoms with Crippen molar-refractivity contribution >= 4 is 28.6 Å². The second-order valence-corrected chi connectivity index (χ2v) is 11.3. The van der Waals surface area contributed by atoms with E-state index in [4.69, 9.17) is 4.74 Å². The second kappa shape index (κ2) is 11.4. The number of hydrogen-bond donors (Lipinski definition) is 1. The zero-order valence-electron chi connectivity index (χ0n) is 20.8. The Morgan fingerprint density at radius 1 is 0.972 bits per heavy atom. The lowest BCUT2D eigenvalue weighted by Crippen LogP contribution is -2.27. The van der Waals surface area contributed by atoms with Gasteiger partial charge in [-0.05, 0) is 115 Å². The summed E-state index contributed by atoms with van der Waals surface area (Å²) in [5, 5.41) is 7.43. The van der Waals surface area contributed by atoms with Crippen LogP contribution >= 0.6 is 22.7 Å². The van der Waals surface area contributed by atoms with Crippen LogP contribution in [0.1, 0.15) is 47.3 Å². The van der Waals surface area contributed by atoms with Crippen LogP contribution in [0.25, 0.3) is 20.9 Å². The molecule has 2 aromatic carbocycles. The number of benzene rings is 2. The molecule has 36 heavy (non-hydrogen) atoms. The summed E-state index contributed by atoms with van der Waals surface area (Å²) in [6, 6.07) is 20.7. The van der Waals surface area contributed by atoms with E-state index in [1.54, 1.807) is 22.7 Å². The summed E-state index contributed by atoms with van der Waals surface area (Å²) in [5.74, 6) is 0.668.